The second-order valence-electron chi connectivity index (χ2n) is 5.83. The maximum atomic E-state index is 12.4. The zero-order chi connectivity index (χ0) is 18.4. The number of sulfonamides is 1. The highest BCUT2D eigenvalue weighted by Crippen LogP contribution is 2.17. The Bertz CT molecular complexity index is 822. The van der Waals surface area contributed by atoms with E-state index >= 15 is 0 Å². The van der Waals surface area contributed by atoms with E-state index in [0.717, 1.165) is 5.56 Å². The van der Waals surface area contributed by atoms with Gasteiger partial charge in [0.05, 0.1) is 11.2 Å². The number of amides is 1. The molecule has 0 bridgehead atoms. The van der Waals surface area contributed by atoms with Gasteiger partial charge in [0.1, 0.15) is 5.76 Å². The van der Waals surface area contributed by atoms with Gasteiger partial charge < -0.3 is 9.73 Å². The van der Waals surface area contributed by atoms with E-state index in [1.54, 1.807) is 49.5 Å². The van der Waals surface area contributed by atoms with Crippen molar-refractivity contribution in [1.29, 1.82) is 0 Å². The van der Waals surface area contributed by atoms with Crippen LogP contribution in [0.3, 0.4) is 0 Å². The normalized spacial score (nSPS) is 12.2. The standard InChI is InChI=1S/C18H22N2O4S/c1-14(2)20(3)25(22,23)17-9-6-15(7-10-17)13-19-18(21)11-8-16-5-4-12-24-16/h4-12,14H,13H2,1-3H3,(H,19,21)/b11-8+. The minimum Gasteiger partial charge on any atom is -0.465 e. The molecule has 25 heavy (non-hydrogen) atoms. The second kappa shape index (κ2) is 8.13. The summed E-state index contributed by atoms with van der Waals surface area (Å²) >= 11 is 0. The molecule has 0 radical (unpaired) electrons. The van der Waals surface area contributed by atoms with Gasteiger partial charge in [-0.1, -0.05) is 12.1 Å². The Morgan fingerprint density at radius 1 is 1.24 bits per heavy atom. The summed E-state index contributed by atoms with van der Waals surface area (Å²) in [7, 11) is -1.94. The molecule has 0 saturated carbocycles. The number of rotatable bonds is 7. The highest BCUT2D eigenvalue weighted by Gasteiger charge is 2.22. The van der Waals surface area contributed by atoms with Crippen molar-refractivity contribution in [2.75, 3.05) is 7.05 Å². The lowest BCUT2D eigenvalue weighted by molar-refractivity contribution is -0.116. The molecule has 0 fully saturated rings. The van der Waals surface area contributed by atoms with Gasteiger partial charge in [-0.25, -0.2) is 8.42 Å². The Morgan fingerprint density at radius 2 is 1.92 bits per heavy atom. The first kappa shape index (κ1) is 19.0. The fourth-order valence-corrected chi connectivity index (χ4v) is 3.38. The van der Waals surface area contributed by atoms with Gasteiger partial charge in [-0.15, -0.1) is 0 Å². The van der Waals surface area contributed by atoms with Crippen molar-refractivity contribution in [1.82, 2.24) is 9.62 Å². The van der Waals surface area contributed by atoms with E-state index in [0.29, 0.717) is 12.3 Å². The smallest absolute Gasteiger partial charge is 0.244 e. The van der Waals surface area contributed by atoms with Crippen molar-refractivity contribution in [3.05, 3.63) is 60.1 Å². The molecule has 0 aliphatic heterocycles. The van der Waals surface area contributed by atoms with Crippen LogP contribution in [0.25, 0.3) is 6.08 Å². The fraction of sp³-hybridized carbons (Fsp3) is 0.278. The lowest BCUT2D eigenvalue weighted by Gasteiger charge is -2.21. The Hall–Kier alpha value is -2.38. The summed E-state index contributed by atoms with van der Waals surface area (Å²) in [5.41, 5.74) is 0.811. The highest BCUT2D eigenvalue weighted by molar-refractivity contribution is 7.89. The molecule has 0 atom stereocenters. The Morgan fingerprint density at radius 3 is 2.48 bits per heavy atom. The number of carbonyl (C=O) groups is 1. The van der Waals surface area contributed by atoms with E-state index in [1.807, 2.05) is 13.8 Å². The monoisotopic (exact) mass is 362 g/mol. The average molecular weight is 362 g/mol. The zero-order valence-corrected chi connectivity index (χ0v) is 15.3. The van der Waals surface area contributed by atoms with Crippen molar-refractivity contribution in [3.63, 3.8) is 0 Å². The average Bonchev–Trinajstić information content (AvgIpc) is 3.11. The predicted molar refractivity (Wildman–Crippen MR) is 96.1 cm³/mol. The van der Waals surface area contributed by atoms with Crippen LogP contribution in [0.2, 0.25) is 0 Å². The summed E-state index contributed by atoms with van der Waals surface area (Å²) in [5, 5.41) is 2.73. The molecular formula is C18H22N2O4S. The first-order chi connectivity index (χ1) is 11.8. The van der Waals surface area contributed by atoms with E-state index < -0.39 is 10.0 Å². The van der Waals surface area contributed by atoms with Crippen molar-refractivity contribution < 1.29 is 17.6 Å². The number of carbonyl (C=O) groups excluding carboxylic acids is 1. The van der Waals surface area contributed by atoms with Crippen molar-refractivity contribution in [2.45, 2.75) is 31.3 Å². The molecule has 6 nitrogen and oxygen atoms in total. The van der Waals surface area contributed by atoms with E-state index in [2.05, 4.69) is 5.32 Å². The van der Waals surface area contributed by atoms with Gasteiger partial charge in [0.15, 0.2) is 0 Å². The maximum Gasteiger partial charge on any atom is 0.244 e. The summed E-state index contributed by atoms with van der Waals surface area (Å²) in [6.45, 7) is 3.94. The third-order valence-corrected chi connectivity index (χ3v) is 5.78. The molecule has 2 rings (SSSR count). The van der Waals surface area contributed by atoms with Crippen LogP contribution in [0.4, 0.5) is 0 Å². The molecule has 1 aromatic carbocycles. The molecule has 0 unspecified atom stereocenters. The first-order valence-electron chi connectivity index (χ1n) is 7.87. The van der Waals surface area contributed by atoms with Gasteiger partial charge in [0.2, 0.25) is 15.9 Å². The number of hydrogen-bond donors (Lipinski definition) is 1. The van der Waals surface area contributed by atoms with E-state index in [1.165, 1.54) is 16.6 Å². The quantitative estimate of drug-likeness (QED) is 0.768. The van der Waals surface area contributed by atoms with Gasteiger partial charge in [0.25, 0.3) is 0 Å². The van der Waals surface area contributed by atoms with Crippen LogP contribution < -0.4 is 5.32 Å². The number of furan rings is 1. The van der Waals surface area contributed by atoms with Gasteiger partial charge in [-0.2, -0.15) is 4.31 Å². The van der Waals surface area contributed by atoms with Crippen LogP contribution in [0.5, 0.6) is 0 Å². The third kappa shape index (κ3) is 5.04. The summed E-state index contributed by atoms with van der Waals surface area (Å²) in [6, 6.07) is 9.85. The minimum atomic E-state index is -3.50. The highest BCUT2D eigenvalue weighted by atomic mass is 32.2. The molecule has 134 valence electrons. The van der Waals surface area contributed by atoms with Crippen LogP contribution >= 0.6 is 0 Å². The number of nitrogens with one attached hydrogen (secondary N) is 1. The minimum absolute atomic E-state index is 0.120. The lowest BCUT2D eigenvalue weighted by Crippen LogP contribution is -2.33. The molecule has 2 aromatic rings. The fourth-order valence-electron chi connectivity index (χ4n) is 2.02. The zero-order valence-electron chi connectivity index (χ0n) is 14.5. The van der Waals surface area contributed by atoms with Gasteiger partial charge >= 0.3 is 0 Å². The van der Waals surface area contributed by atoms with Crippen LogP contribution in [0, 0.1) is 0 Å². The molecule has 0 spiro atoms. The van der Waals surface area contributed by atoms with Crippen molar-refractivity contribution >= 4 is 22.0 Å². The summed E-state index contributed by atoms with van der Waals surface area (Å²) in [5.74, 6) is 0.339. The van der Waals surface area contributed by atoms with E-state index in [4.69, 9.17) is 4.42 Å². The molecule has 7 heteroatoms. The lowest BCUT2D eigenvalue weighted by atomic mass is 10.2. The SMILES string of the molecule is CC(C)N(C)S(=O)(=O)c1ccc(CNC(=O)/C=C/c2ccco2)cc1. The van der Waals surface area contributed by atoms with Gasteiger partial charge in [-0.3, -0.25) is 4.79 Å². The number of hydrogen-bond acceptors (Lipinski definition) is 4. The van der Waals surface area contributed by atoms with Gasteiger partial charge in [0, 0.05) is 25.7 Å². The third-order valence-electron chi connectivity index (χ3n) is 3.74. The molecule has 1 amide bonds. The molecule has 0 aliphatic carbocycles. The second-order valence-corrected chi connectivity index (χ2v) is 7.82. The largest absolute Gasteiger partial charge is 0.465 e. The Balaban J connectivity index is 1.95. The van der Waals surface area contributed by atoms with Crippen LogP contribution in [0.1, 0.15) is 25.2 Å². The summed E-state index contributed by atoms with van der Waals surface area (Å²) in [4.78, 5) is 12.0. The predicted octanol–water partition coefficient (Wildman–Crippen LogP) is 2.64. The van der Waals surface area contributed by atoms with Crippen molar-refractivity contribution in [2.24, 2.45) is 0 Å². The Kier molecular flexibility index (Phi) is 6.17. The molecule has 0 aliphatic rings. The van der Waals surface area contributed by atoms with Crippen LogP contribution in [-0.2, 0) is 21.4 Å². The molecule has 1 aromatic heterocycles. The molecular weight excluding hydrogens is 340 g/mol. The number of benzene rings is 1. The number of nitrogens with zero attached hydrogens (tertiary/aromatic N) is 1. The van der Waals surface area contributed by atoms with Crippen LogP contribution in [0.15, 0.2) is 58.1 Å². The maximum absolute atomic E-state index is 12.4. The molecule has 1 heterocycles. The first-order valence-corrected chi connectivity index (χ1v) is 9.31. The van der Waals surface area contributed by atoms with E-state index in [-0.39, 0.29) is 16.8 Å². The van der Waals surface area contributed by atoms with Gasteiger partial charge in [-0.05, 0) is 49.8 Å². The van der Waals surface area contributed by atoms with Crippen LogP contribution in [-0.4, -0.2) is 31.7 Å². The molecule has 0 saturated heterocycles. The van der Waals surface area contributed by atoms with E-state index in [9.17, 15) is 13.2 Å². The van der Waals surface area contributed by atoms with Crippen molar-refractivity contribution in [3.8, 4) is 0 Å². The summed E-state index contributed by atoms with van der Waals surface area (Å²) in [6.07, 6.45) is 4.49. The Labute approximate surface area is 148 Å². The summed E-state index contributed by atoms with van der Waals surface area (Å²) < 4.78 is 31.2. The topological polar surface area (TPSA) is 79.6 Å². The molecule has 1 N–H and O–H groups in total.